The topological polar surface area (TPSA) is 103 Å². The van der Waals surface area contributed by atoms with Gasteiger partial charge in [0.2, 0.25) is 5.91 Å². The van der Waals surface area contributed by atoms with E-state index >= 15 is 0 Å². The maximum atomic E-state index is 12.9. The second-order valence-corrected chi connectivity index (χ2v) is 8.38. The standard InChI is InChI=1S/C23H24N2O6S/c1-29-20-11-8-18(9-12-20)25-32(27,28)22-14-19(10-13-21(22)30-2)24-23(26)16-31-15-17-6-4-3-5-7-17/h3-14,25H,15-16H2,1-2H3,(H,24,26). The molecule has 2 N–H and O–H groups in total. The number of nitrogens with one attached hydrogen (secondary N) is 2. The van der Waals surface area contributed by atoms with Crippen molar-refractivity contribution in [3.8, 4) is 11.5 Å². The van der Waals surface area contributed by atoms with Gasteiger partial charge in [0, 0.05) is 11.4 Å². The number of methoxy groups -OCH3 is 2. The zero-order valence-electron chi connectivity index (χ0n) is 17.7. The number of rotatable bonds is 10. The molecule has 0 unspecified atom stereocenters. The average Bonchev–Trinajstić information content (AvgIpc) is 2.80. The van der Waals surface area contributed by atoms with Crippen molar-refractivity contribution in [2.75, 3.05) is 30.9 Å². The molecule has 3 rings (SSSR count). The highest BCUT2D eigenvalue weighted by Crippen LogP contribution is 2.29. The van der Waals surface area contributed by atoms with E-state index < -0.39 is 15.9 Å². The summed E-state index contributed by atoms with van der Waals surface area (Å²) in [6.45, 7) is 0.120. The van der Waals surface area contributed by atoms with Crippen LogP contribution >= 0.6 is 0 Å². The summed E-state index contributed by atoms with van der Waals surface area (Å²) in [4.78, 5) is 12.1. The summed E-state index contributed by atoms with van der Waals surface area (Å²) >= 11 is 0. The third-order valence-electron chi connectivity index (χ3n) is 4.42. The molecule has 0 aliphatic carbocycles. The molecule has 168 valence electrons. The van der Waals surface area contributed by atoms with E-state index in [1.54, 1.807) is 30.3 Å². The Morgan fingerprint density at radius 1 is 0.875 bits per heavy atom. The Labute approximate surface area is 187 Å². The van der Waals surface area contributed by atoms with Crippen molar-refractivity contribution in [2.24, 2.45) is 0 Å². The van der Waals surface area contributed by atoms with E-state index in [1.165, 1.54) is 26.4 Å². The van der Waals surface area contributed by atoms with Crippen LogP contribution in [0.3, 0.4) is 0 Å². The molecular weight excluding hydrogens is 432 g/mol. The normalized spacial score (nSPS) is 10.9. The minimum Gasteiger partial charge on any atom is -0.497 e. The lowest BCUT2D eigenvalue weighted by Gasteiger charge is -2.14. The minimum atomic E-state index is -3.99. The zero-order valence-corrected chi connectivity index (χ0v) is 18.5. The molecule has 0 bridgehead atoms. The van der Waals surface area contributed by atoms with Gasteiger partial charge in [0.15, 0.2) is 0 Å². The van der Waals surface area contributed by atoms with Gasteiger partial charge in [-0.15, -0.1) is 0 Å². The number of sulfonamides is 1. The van der Waals surface area contributed by atoms with Gasteiger partial charge in [-0.1, -0.05) is 30.3 Å². The van der Waals surface area contributed by atoms with Crippen LogP contribution in [-0.2, 0) is 26.2 Å². The summed E-state index contributed by atoms with van der Waals surface area (Å²) in [6, 6.07) is 20.3. The Morgan fingerprint density at radius 3 is 2.22 bits per heavy atom. The maximum absolute atomic E-state index is 12.9. The van der Waals surface area contributed by atoms with Gasteiger partial charge in [-0.25, -0.2) is 8.42 Å². The first-order chi connectivity index (χ1) is 15.4. The van der Waals surface area contributed by atoms with Crippen LogP contribution < -0.4 is 19.5 Å². The predicted molar refractivity (Wildman–Crippen MR) is 122 cm³/mol. The highest BCUT2D eigenvalue weighted by Gasteiger charge is 2.21. The predicted octanol–water partition coefficient (Wildman–Crippen LogP) is 3.66. The van der Waals surface area contributed by atoms with Gasteiger partial charge in [0.25, 0.3) is 10.0 Å². The molecule has 0 spiro atoms. The summed E-state index contributed by atoms with van der Waals surface area (Å²) in [6.07, 6.45) is 0. The molecule has 1 amide bonds. The molecule has 0 saturated carbocycles. The minimum absolute atomic E-state index is 0.112. The molecule has 0 aromatic heterocycles. The molecule has 3 aromatic rings. The van der Waals surface area contributed by atoms with Gasteiger partial charge < -0.3 is 19.5 Å². The highest BCUT2D eigenvalue weighted by atomic mass is 32.2. The molecule has 9 heteroatoms. The number of hydrogen-bond acceptors (Lipinski definition) is 6. The lowest BCUT2D eigenvalue weighted by Crippen LogP contribution is -2.19. The van der Waals surface area contributed by atoms with E-state index in [1.807, 2.05) is 30.3 Å². The molecule has 32 heavy (non-hydrogen) atoms. The lowest BCUT2D eigenvalue weighted by atomic mass is 10.2. The molecule has 0 aliphatic heterocycles. The Kier molecular flexibility index (Phi) is 7.69. The number of anilines is 2. The summed E-state index contributed by atoms with van der Waals surface area (Å²) in [5.41, 5.74) is 1.61. The molecule has 0 heterocycles. The maximum Gasteiger partial charge on any atom is 0.265 e. The molecule has 0 fully saturated rings. The van der Waals surface area contributed by atoms with Crippen molar-refractivity contribution in [3.05, 3.63) is 78.4 Å². The van der Waals surface area contributed by atoms with Crippen molar-refractivity contribution in [1.82, 2.24) is 0 Å². The second-order valence-electron chi connectivity index (χ2n) is 6.73. The van der Waals surface area contributed by atoms with Gasteiger partial charge >= 0.3 is 0 Å². The lowest BCUT2D eigenvalue weighted by molar-refractivity contribution is -0.121. The van der Waals surface area contributed by atoms with Crippen molar-refractivity contribution in [3.63, 3.8) is 0 Å². The van der Waals surface area contributed by atoms with Crippen molar-refractivity contribution in [2.45, 2.75) is 11.5 Å². The van der Waals surface area contributed by atoms with E-state index in [2.05, 4.69) is 10.0 Å². The second kappa shape index (κ2) is 10.7. The van der Waals surface area contributed by atoms with E-state index in [9.17, 15) is 13.2 Å². The summed E-state index contributed by atoms with van der Waals surface area (Å²) in [5, 5.41) is 2.64. The molecule has 3 aromatic carbocycles. The largest absolute Gasteiger partial charge is 0.497 e. The van der Waals surface area contributed by atoms with Gasteiger partial charge in [-0.05, 0) is 48.0 Å². The van der Waals surface area contributed by atoms with Crippen LogP contribution in [0.5, 0.6) is 11.5 Å². The molecule has 0 atom stereocenters. The number of ether oxygens (including phenoxy) is 3. The van der Waals surface area contributed by atoms with E-state index in [0.29, 0.717) is 23.7 Å². The Bertz CT molecular complexity index is 1150. The van der Waals surface area contributed by atoms with Gasteiger partial charge in [0.05, 0.1) is 20.8 Å². The Hall–Kier alpha value is -3.56. The molecule has 0 aliphatic rings. The van der Waals surface area contributed by atoms with E-state index in [4.69, 9.17) is 14.2 Å². The van der Waals surface area contributed by atoms with Crippen LogP contribution in [0.1, 0.15) is 5.56 Å². The Balaban J connectivity index is 1.69. The number of carbonyl (C=O) groups excluding carboxylic acids is 1. The fourth-order valence-electron chi connectivity index (χ4n) is 2.87. The summed E-state index contributed by atoms with van der Waals surface area (Å²) in [5.74, 6) is 0.339. The fraction of sp³-hybridized carbons (Fsp3) is 0.174. The molecular formula is C23H24N2O6S. The highest BCUT2D eigenvalue weighted by molar-refractivity contribution is 7.92. The van der Waals surface area contributed by atoms with Crippen LogP contribution in [0.4, 0.5) is 11.4 Å². The number of carbonyl (C=O) groups is 1. The smallest absolute Gasteiger partial charge is 0.265 e. The third-order valence-corrected chi connectivity index (χ3v) is 5.83. The third kappa shape index (κ3) is 6.22. The number of benzene rings is 3. The van der Waals surface area contributed by atoms with Crippen LogP contribution in [0.2, 0.25) is 0 Å². The molecule has 8 nitrogen and oxygen atoms in total. The molecule has 0 saturated heterocycles. The van der Waals surface area contributed by atoms with Gasteiger partial charge in [0.1, 0.15) is 23.0 Å². The Morgan fingerprint density at radius 2 is 1.56 bits per heavy atom. The number of amides is 1. The quantitative estimate of drug-likeness (QED) is 0.483. The van der Waals surface area contributed by atoms with Crippen molar-refractivity contribution in [1.29, 1.82) is 0 Å². The van der Waals surface area contributed by atoms with Crippen molar-refractivity contribution < 1.29 is 27.4 Å². The van der Waals surface area contributed by atoms with E-state index in [0.717, 1.165) is 5.56 Å². The first-order valence-corrected chi connectivity index (χ1v) is 11.2. The van der Waals surface area contributed by atoms with Gasteiger partial charge in [-0.2, -0.15) is 0 Å². The summed E-state index contributed by atoms with van der Waals surface area (Å²) < 4.78 is 44.1. The number of hydrogen-bond donors (Lipinski definition) is 2. The zero-order chi connectivity index (χ0) is 23.0. The van der Waals surface area contributed by atoms with Crippen molar-refractivity contribution >= 4 is 27.3 Å². The first-order valence-electron chi connectivity index (χ1n) is 9.67. The van der Waals surface area contributed by atoms with E-state index in [-0.39, 0.29) is 17.3 Å². The first kappa shape index (κ1) is 23.1. The van der Waals surface area contributed by atoms with Crippen LogP contribution in [-0.4, -0.2) is 35.2 Å². The van der Waals surface area contributed by atoms with Crippen LogP contribution in [0.15, 0.2) is 77.7 Å². The fourth-order valence-corrected chi connectivity index (χ4v) is 4.12. The van der Waals surface area contributed by atoms with Crippen LogP contribution in [0, 0.1) is 0 Å². The SMILES string of the molecule is COc1ccc(NS(=O)(=O)c2cc(NC(=O)COCc3ccccc3)ccc2OC)cc1. The molecule has 0 radical (unpaired) electrons. The van der Waals surface area contributed by atoms with Crippen LogP contribution in [0.25, 0.3) is 0 Å². The van der Waals surface area contributed by atoms with Gasteiger partial charge in [-0.3, -0.25) is 9.52 Å². The monoisotopic (exact) mass is 456 g/mol. The average molecular weight is 457 g/mol. The summed E-state index contributed by atoms with van der Waals surface area (Å²) in [7, 11) is -1.09.